The Morgan fingerprint density at radius 1 is 0.967 bits per heavy atom. The van der Waals surface area contributed by atoms with Gasteiger partial charge in [-0.25, -0.2) is 0 Å². The maximum Gasteiger partial charge on any atom is 0.240 e. The zero-order valence-electron chi connectivity index (χ0n) is 17.4. The van der Waals surface area contributed by atoms with Gasteiger partial charge >= 0.3 is 0 Å². The first-order chi connectivity index (χ1) is 14.8. The zero-order valence-corrected chi connectivity index (χ0v) is 17.4. The van der Waals surface area contributed by atoms with Crippen LogP contribution in [0, 0.1) is 0 Å². The molecule has 1 amide bonds. The van der Waals surface area contributed by atoms with E-state index in [1.807, 2.05) is 47.8 Å². The number of hydrogen-bond donors (Lipinski definition) is 0. The van der Waals surface area contributed by atoms with Gasteiger partial charge in [0.05, 0.1) is 6.04 Å². The molecule has 1 atom stereocenters. The lowest BCUT2D eigenvalue weighted by atomic mass is 9.93. The number of benzene rings is 1. The third kappa shape index (κ3) is 4.57. The second-order valence-corrected chi connectivity index (χ2v) is 7.77. The van der Waals surface area contributed by atoms with Crippen molar-refractivity contribution in [3.8, 4) is 11.1 Å². The normalized spacial score (nSPS) is 17.3. The monoisotopic (exact) mass is 400 g/mol. The number of carbonyl (C=O) groups excluding carboxylic acids is 1. The molecule has 1 aliphatic rings. The van der Waals surface area contributed by atoms with Gasteiger partial charge in [-0.2, -0.15) is 0 Å². The number of aromatic nitrogens is 2. The minimum Gasteiger partial charge on any atom is -0.340 e. The molecule has 3 aromatic rings. The van der Waals surface area contributed by atoms with E-state index in [2.05, 4.69) is 46.1 Å². The van der Waals surface area contributed by atoms with Gasteiger partial charge in [0.2, 0.25) is 5.91 Å². The Morgan fingerprint density at radius 3 is 2.57 bits per heavy atom. The van der Waals surface area contributed by atoms with Crippen molar-refractivity contribution in [2.24, 2.45) is 0 Å². The summed E-state index contributed by atoms with van der Waals surface area (Å²) in [4.78, 5) is 26.2. The average Bonchev–Trinajstić information content (AvgIpc) is 2.80. The van der Waals surface area contributed by atoms with E-state index in [1.165, 1.54) is 11.1 Å². The molecule has 0 unspecified atom stereocenters. The molecule has 1 fully saturated rings. The van der Waals surface area contributed by atoms with E-state index >= 15 is 0 Å². The quantitative estimate of drug-likeness (QED) is 0.605. The van der Waals surface area contributed by atoms with E-state index in [0.717, 1.165) is 43.7 Å². The lowest BCUT2D eigenvalue weighted by molar-refractivity contribution is -0.142. The van der Waals surface area contributed by atoms with Gasteiger partial charge in [0.15, 0.2) is 0 Å². The Balaban J connectivity index is 1.63. The fourth-order valence-corrected chi connectivity index (χ4v) is 4.21. The molecule has 0 radical (unpaired) electrons. The van der Waals surface area contributed by atoms with Gasteiger partial charge in [-0.15, -0.1) is 0 Å². The fourth-order valence-electron chi connectivity index (χ4n) is 4.21. The number of carbonyl (C=O) groups is 1. The topological polar surface area (TPSA) is 49.3 Å². The molecule has 5 heteroatoms. The van der Waals surface area contributed by atoms with E-state index < -0.39 is 0 Å². The van der Waals surface area contributed by atoms with Gasteiger partial charge in [-0.05, 0) is 47.7 Å². The summed E-state index contributed by atoms with van der Waals surface area (Å²) in [7, 11) is 0. The van der Waals surface area contributed by atoms with E-state index in [0.29, 0.717) is 6.42 Å². The van der Waals surface area contributed by atoms with Crippen molar-refractivity contribution < 1.29 is 4.79 Å². The summed E-state index contributed by atoms with van der Waals surface area (Å²) in [6.07, 6.45) is 8.98. The molecule has 1 aromatic carbocycles. The highest BCUT2D eigenvalue weighted by Crippen LogP contribution is 2.27. The van der Waals surface area contributed by atoms with Crippen molar-refractivity contribution in [1.82, 2.24) is 19.8 Å². The summed E-state index contributed by atoms with van der Waals surface area (Å²) in [6, 6.07) is 16.3. The Hall–Kier alpha value is -3.05. The summed E-state index contributed by atoms with van der Waals surface area (Å²) >= 11 is 0. The van der Waals surface area contributed by atoms with Crippen LogP contribution in [0.5, 0.6) is 0 Å². The van der Waals surface area contributed by atoms with Crippen molar-refractivity contribution in [2.45, 2.75) is 32.4 Å². The lowest BCUT2D eigenvalue weighted by Gasteiger charge is -2.41. The first-order valence-electron chi connectivity index (χ1n) is 10.7. The second-order valence-electron chi connectivity index (χ2n) is 7.77. The van der Waals surface area contributed by atoms with Crippen LogP contribution in [0.15, 0.2) is 73.3 Å². The molecule has 0 N–H and O–H groups in total. The third-order valence-corrected chi connectivity index (χ3v) is 5.73. The van der Waals surface area contributed by atoms with Gasteiger partial charge in [-0.3, -0.25) is 19.7 Å². The molecule has 30 heavy (non-hydrogen) atoms. The molecular formula is C25H28N4O. The molecular weight excluding hydrogens is 372 g/mol. The second kappa shape index (κ2) is 9.63. The minimum atomic E-state index is -0.170. The molecule has 2 aromatic heterocycles. The van der Waals surface area contributed by atoms with E-state index in [-0.39, 0.29) is 11.9 Å². The SMILES string of the molecule is CCCN1CCN(Cc2ccncc2)[C@H](Cc2ccccc2-c2cccnc2)C1=O. The van der Waals surface area contributed by atoms with Crippen LogP contribution >= 0.6 is 0 Å². The number of rotatable bonds is 7. The Labute approximate surface area is 178 Å². The summed E-state index contributed by atoms with van der Waals surface area (Å²) in [5, 5.41) is 0. The smallest absolute Gasteiger partial charge is 0.240 e. The van der Waals surface area contributed by atoms with Gasteiger partial charge in [-0.1, -0.05) is 37.3 Å². The molecule has 3 heterocycles. The summed E-state index contributed by atoms with van der Waals surface area (Å²) in [6.45, 7) is 5.38. The van der Waals surface area contributed by atoms with Crippen LogP contribution in [-0.4, -0.2) is 51.4 Å². The van der Waals surface area contributed by atoms with Crippen LogP contribution < -0.4 is 0 Å². The largest absolute Gasteiger partial charge is 0.340 e. The zero-order chi connectivity index (χ0) is 20.8. The maximum atomic E-state index is 13.4. The highest BCUT2D eigenvalue weighted by Gasteiger charge is 2.34. The first kappa shape index (κ1) is 20.2. The van der Waals surface area contributed by atoms with Gasteiger partial charge in [0.1, 0.15) is 0 Å². The predicted octanol–water partition coefficient (Wildman–Crippen LogP) is 3.81. The summed E-state index contributed by atoms with van der Waals surface area (Å²) in [5.41, 5.74) is 4.60. The van der Waals surface area contributed by atoms with E-state index in [4.69, 9.17) is 0 Å². The van der Waals surface area contributed by atoms with Crippen LogP contribution in [-0.2, 0) is 17.8 Å². The van der Waals surface area contributed by atoms with Gasteiger partial charge in [0, 0.05) is 56.5 Å². The van der Waals surface area contributed by atoms with Crippen molar-refractivity contribution in [3.05, 3.63) is 84.4 Å². The van der Waals surface area contributed by atoms with Crippen molar-refractivity contribution in [3.63, 3.8) is 0 Å². The number of hydrogen-bond acceptors (Lipinski definition) is 4. The highest BCUT2D eigenvalue weighted by molar-refractivity contribution is 5.83. The maximum absolute atomic E-state index is 13.4. The van der Waals surface area contributed by atoms with E-state index in [9.17, 15) is 4.79 Å². The molecule has 0 aliphatic carbocycles. The fraction of sp³-hybridized carbons (Fsp3) is 0.320. The van der Waals surface area contributed by atoms with Gasteiger partial charge in [0.25, 0.3) is 0 Å². The van der Waals surface area contributed by atoms with Crippen LogP contribution in [0.3, 0.4) is 0 Å². The Morgan fingerprint density at radius 2 is 1.80 bits per heavy atom. The summed E-state index contributed by atoms with van der Waals surface area (Å²) in [5.74, 6) is 0.234. The molecule has 5 nitrogen and oxygen atoms in total. The Bertz CT molecular complexity index is 961. The van der Waals surface area contributed by atoms with Gasteiger partial charge < -0.3 is 4.90 Å². The lowest BCUT2D eigenvalue weighted by Crippen LogP contribution is -2.57. The molecule has 1 aliphatic heterocycles. The highest BCUT2D eigenvalue weighted by atomic mass is 16.2. The molecule has 154 valence electrons. The number of amides is 1. The molecule has 4 rings (SSSR count). The molecule has 0 spiro atoms. The third-order valence-electron chi connectivity index (χ3n) is 5.73. The first-order valence-corrected chi connectivity index (χ1v) is 10.7. The van der Waals surface area contributed by atoms with Crippen molar-refractivity contribution in [1.29, 1.82) is 0 Å². The molecule has 0 saturated carbocycles. The number of pyridine rings is 2. The van der Waals surface area contributed by atoms with Crippen LogP contribution in [0.25, 0.3) is 11.1 Å². The predicted molar refractivity (Wildman–Crippen MR) is 119 cm³/mol. The van der Waals surface area contributed by atoms with Crippen LogP contribution in [0.1, 0.15) is 24.5 Å². The van der Waals surface area contributed by atoms with Crippen LogP contribution in [0.2, 0.25) is 0 Å². The standard InChI is InChI=1S/C25H28N4O/c1-2-14-28-15-16-29(19-20-9-12-26-13-10-20)24(25(28)30)17-21-6-3-4-8-23(21)22-7-5-11-27-18-22/h3-13,18,24H,2,14-17,19H2,1H3/t24-/m1/s1. The summed E-state index contributed by atoms with van der Waals surface area (Å²) < 4.78 is 0. The Kier molecular flexibility index (Phi) is 6.50. The number of nitrogens with zero attached hydrogens (tertiary/aromatic N) is 4. The van der Waals surface area contributed by atoms with Crippen molar-refractivity contribution >= 4 is 5.91 Å². The van der Waals surface area contributed by atoms with Crippen molar-refractivity contribution in [2.75, 3.05) is 19.6 Å². The molecule has 1 saturated heterocycles. The average molecular weight is 401 g/mol. The molecule has 0 bridgehead atoms. The van der Waals surface area contributed by atoms with E-state index in [1.54, 1.807) is 6.20 Å². The van der Waals surface area contributed by atoms with Crippen LogP contribution in [0.4, 0.5) is 0 Å². The number of piperazine rings is 1. The minimum absolute atomic E-state index is 0.170.